The van der Waals surface area contributed by atoms with Gasteiger partial charge in [0, 0.05) is 0 Å². The van der Waals surface area contributed by atoms with E-state index in [4.69, 9.17) is 5.11 Å². The largest absolute Gasteiger partial charge is 0.401 e. The maximum Gasteiger partial charge on any atom is 0.247 e. The smallest absolute Gasteiger partial charge is 0.247 e. The minimum Gasteiger partial charge on any atom is -0.401 e. The van der Waals surface area contributed by atoms with Gasteiger partial charge < -0.3 is 14.9 Å². The number of nitrogens with zero attached hydrogens (tertiary/aromatic N) is 1. The minimum atomic E-state index is -0.368. The zero-order chi connectivity index (χ0) is 5.98. The molecule has 0 unspecified atom stereocenters. The van der Waals surface area contributed by atoms with Crippen molar-refractivity contribution in [2.24, 2.45) is 4.99 Å². The normalized spacial score (nSPS) is 17.1. The molecule has 2 N–H and O–H groups in total. The van der Waals surface area contributed by atoms with E-state index in [9.17, 15) is 4.79 Å². The Morgan fingerprint density at radius 3 is 2.88 bits per heavy atom. The Bertz CT molecular complexity index is 171. The van der Waals surface area contributed by atoms with Crippen molar-refractivity contribution in [2.45, 2.75) is 0 Å². The maximum absolute atomic E-state index is 10.3. The van der Waals surface area contributed by atoms with Gasteiger partial charge in [-0.2, -0.15) is 4.99 Å². The Morgan fingerprint density at radius 2 is 2.62 bits per heavy atom. The van der Waals surface area contributed by atoms with Crippen molar-refractivity contribution in [3.8, 4) is 0 Å². The lowest BCUT2D eigenvalue weighted by atomic mass is 10.4. The van der Waals surface area contributed by atoms with E-state index in [1.807, 2.05) is 0 Å². The van der Waals surface area contributed by atoms with Gasteiger partial charge in [-0.1, -0.05) is 0 Å². The average molecular weight is 112 g/mol. The molecule has 8 heavy (non-hydrogen) atoms. The first-order valence-electron chi connectivity index (χ1n) is 2.07. The van der Waals surface area contributed by atoms with Crippen LogP contribution in [0.3, 0.4) is 0 Å². The van der Waals surface area contributed by atoms with Gasteiger partial charge in [0.1, 0.15) is 5.71 Å². The third-order valence-electron chi connectivity index (χ3n) is 0.772. The van der Waals surface area contributed by atoms with Crippen molar-refractivity contribution >= 4 is 18.0 Å². The molecule has 0 aromatic carbocycles. The summed E-state index contributed by atoms with van der Waals surface area (Å²) in [5.74, 6) is -0.368. The summed E-state index contributed by atoms with van der Waals surface area (Å²) in [6.07, 6.45) is 2.20. The molecule has 0 aromatic heterocycles. The second-order valence-electron chi connectivity index (χ2n) is 1.28. The number of hydrogen-bond donors (Lipinski definition) is 2. The van der Waals surface area contributed by atoms with Gasteiger partial charge in [-0.05, 0) is 0 Å². The third kappa shape index (κ3) is 0.651. The van der Waals surface area contributed by atoms with Crippen LogP contribution in [0, 0.1) is 0 Å². The molecule has 42 valence electrons. The summed E-state index contributed by atoms with van der Waals surface area (Å²) in [6.45, 7) is -0.321. The first-order chi connectivity index (χ1) is 3.84. The minimum absolute atomic E-state index is 0.116. The predicted molar refractivity (Wildman–Crippen MR) is 25.5 cm³/mol. The summed E-state index contributed by atoms with van der Waals surface area (Å²) in [6, 6.07) is 0. The Hall–Kier alpha value is -1.03. The molecule has 4 nitrogen and oxygen atoms in total. The SMILES string of the molecule is O=C1[NH+]=[C-]N=C1CO. The van der Waals surface area contributed by atoms with Gasteiger partial charge >= 0.3 is 0 Å². The highest BCUT2D eigenvalue weighted by Crippen LogP contribution is 1.73. The molecule has 0 aromatic rings. The summed E-state index contributed by atoms with van der Waals surface area (Å²) in [4.78, 5) is 15.9. The molecular weight excluding hydrogens is 108 g/mol. The molecule has 0 saturated heterocycles. The van der Waals surface area contributed by atoms with E-state index in [1.165, 1.54) is 0 Å². The Labute approximate surface area is 45.6 Å². The maximum atomic E-state index is 10.3. The molecule has 0 saturated carbocycles. The van der Waals surface area contributed by atoms with Crippen LogP contribution < -0.4 is 4.99 Å². The molecule has 0 atom stereocenters. The lowest BCUT2D eigenvalue weighted by Gasteiger charge is -1.87. The van der Waals surface area contributed by atoms with Crippen LogP contribution in [0.2, 0.25) is 0 Å². The van der Waals surface area contributed by atoms with Crippen molar-refractivity contribution in [2.75, 3.05) is 6.61 Å². The van der Waals surface area contributed by atoms with Gasteiger partial charge in [0.05, 0.1) is 6.61 Å². The highest BCUT2D eigenvalue weighted by atomic mass is 16.3. The third-order valence-corrected chi connectivity index (χ3v) is 0.772. The monoisotopic (exact) mass is 112 g/mol. The molecule has 0 bridgehead atoms. The highest BCUT2D eigenvalue weighted by Gasteiger charge is 2.07. The standard InChI is InChI=1S/C4H4N2O2/c7-1-3-4(8)6-2-5-3/h6-7H,1H2. The summed E-state index contributed by atoms with van der Waals surface area (Å²) < 4.78 is 0. The van der Waals surface area contributed by atoms with Crippen LogP contribution in [-0.2, 0) is 4.79 Å². The Kier molecular flexibility index (Phi) is 1.17. The number of aliphatic imine (C=N–C) groups is 1. The molecule has 0 fully saturated rings. The molecule has 0 spiro atoms. The van der Waals surface area contributed by atoms with Crippen molar-refractivity contribution in [1.82, 2.24) is 0 Å². The van der Waals surface area contributed by atoms with Crippen LogP contribution in [0.25, 0.3) is 0 Å². The zero-order valence-corrected chi connectivity index (χ0v) is 4.01. The van der Waals surface area contributed by atoms with E-state index in [0.29, 0.717) is 0 Å². The molecule has 1 rings (SSSR count). The number of rotatable bonds is 1. The predicted octanol–water partition coefficient (Wildman–Crippen LogP) is -3.05. The van der Waals surface area contributed by atoms with Gasteiger partial charge in [-0.15, -0.1) is 0 Å². The van der Waals surface area contributed by atoms with E-state index in [-0.39, 0.29) is 18.2 Å². The van der Waals surface area contributed by atoms with Crippen molar-refractivity contribution in [3.05, 3.63) is 0 Å². The molecule has 1 heterocycles. The fraction of sp³-hybridized carbons (Fsp3) is 0.250. The van der Waals surface area contributed by atoms with Crippen LogP contribution in [-0.4, -0.2) is 29.7 Å². The molecule has 0 radical (unpaired) electrons. The van der Waals surface area contributed by atoms with E-state index < -0.39 is 0 Å². The van der Waals surface area contributed by atoms with Crippen LogP contribution in [0.5, 0.6) is 0 Å². The van der Waals surface area contributed by atoms with Gasteiger partial charge in [-0.3, -0.25) is 0 Å². The first kappa shape index (κ1) is 5.11. The number of aliphatic hydroxyl groups excluding tert-OH is 1. The Balaban J connectivity index is 2.73. The number of carbonyl (C=O) groups excluding carboxylic acids is 1. The van der Waals surface area contributed by atoms with Crippen LogP contribution in [0.15, 0.2) is 4.99 Å². The molecule has 1 aliphatic heterocycles. The van der Waals surface area contributed by atoms with E-state index in [1.54, 1.807) is 0 Å². The van der Waals surface area contributed by atoms with E-state index in [2.05, 4.69) is 16.3 Å². The van der Waals surface area contributed by atoms with Crippen LogP contribution in [0.1, 0.15) is 0 Å². The number of aliphatic hydroxyl groups is 1. The quantitative estimate of drug-likeness (QED) is 0.354. The van der Waals surface area contributed by atoms with E-state index in [0.717, 1.165) is 0 Å². The van der Waals surface area contributed by atoms with Gasteiger partial charge in [0.15, 0.2) is 0 Å². The zero-order valence-electron chi connectivity index (χ0n) is 4.01. The summed E-state index contributed by atoms with van der Waals surface area (Å²) in [5, 5.41) is 8.30. The number of hydrogen-bond acceptors (Lipinski definition) is 3. The summed E-state index contributed by atoms with van der Waals surface area (Å²) >= 11 is 0. The van der Waals surface area contributed by atoms with Gasteiger partial charge in [-0.25, -0.2) is 0 Å². The number of carbonyl (C=O) groups is 1. The van der Waals surface area contributed by atoms with Crippen LogP contribution in [0.4, 0.5) is 0 Å². The molecule has 1 amide bonds. The van der Waals surface area contributed by atoms with Crippen molar-refractivity contribution in [1.29, 1.82) is 0 Å². The molecule has 0 aliphatic carbocycles. The van der Waals surface area contributed by atoms with Gasteiger partial charge in [0.25, 0.3) is 0 Å². The van der Waals surface area contributed by atoms with Crippen LogP contribution >= 0.6 is 0 Å². The van der Waals surface area contributed by atoms with Gasteiger partial charge in [0.2, 0.25) is 12.2 Å². The fourth-order valence-electron chi connectivity index (χ4n) is 0.376. The topological polar surface area (TPSA) is 63.6 Å². The summed E-state index contributed by atoms with van der Waals surface area (Å²) in [7, 11) is 0. The second kappa shape index (κ2) is 1.83. The van der Waals surface area contributed by atoms with E-state index >= 15 is 0 Å². The highest BCUT2D eigenvalue weighted by molar-refractivity contribution is 6.38. The number of amides is 1. The number of nitrogens with one attached hydrogen (secondary N) is 1. The van der Waals surface area contributed by atoms with Crippen molar-refractivity contribution < 1.29 is 14.9 Å². The summed E-state index contributed by atoms with van der Waals surface area (Å²) in [5.41, 5.74) is 0.116. The lowest BCUT2D eigenvalue weighted by molar-refractivity contribution is -0.360. The Morgan fingerprint density at radius 1 is 1.88 bits per heavy atom. The second-order valence-corrected chi connectivity index (χ2v) is 1.28. The molecular formula is C4H4N2O2. The van der Waals surface area contributed by atoms with Crippen molar-refractivity contribution in [3.63, 3.8) is 0 Å². The first-order valence-corrected chi connectivity index (χ1v) is 2.07. The lowest BCUT2D eigenvalue weighted by Crippen LogP contribution is -2.73. The fourth-order valence-corrected chi connectivity index (χ4v) is 0.376. The average Bonchev–Trinajstić information content (AvgIpc) is 2.14. The molecule has 4 heteroatoms. The molecule has 1 aliphatic rings.